The van der Waals surface area contributed by atoms with Gasteiger partial charge in [0.05, 0.1) is 11.4 Å². The highest BCUT2D eigenvalue weighted by molar-refractivity contribution is 6.01. The number of nitrogens with zero attached hydrogens (tertiary/aromatic N) is 5. The van der Waals surface area contributed by atoms with Gasteiger partial charge >= 0.3 is 0 Å². The summed E-state index contributed by atoms with van der Waals surface area (Å²) in [4.78, 5) is 30.0. The molecule has 192 valence electrons. The Morgan fingerprint density at radius 2 is 2.03 bits per heavy atom. The van der Waals surface area contributed by atoms with Crippen LogP contribution in [0.5, 0.6) is 0 Å². The van der Waals surface area contributed by atoms with Gasteiger partial charge in [-0.1, -0.05) is 18.2 Å². The zero-order valence-electron chi connectivity index (χ0n) is 21.2. The molecule has 10 heteroatoms. The Bertz CT molecular complexity index is 1610. The normalized spacial score (nSPS) is 18.4. The van der Waals surface area contributed by atoms with Crippen molar-refractivity contribution in [3.63, 3.8) is 0 Å². The molecule has 1 aromatic carbocycles. The Balaban J connectivity index is 1.40. The molecule has 0 radical (unpaired) electrons. The molecule has 0 bridgehead atoms. The van der Waals surface area contributed by atoms with Crippen LogP contribution < -0.4 is 11.3 Å². The van der Waals surface area contributed by atoms with Crippen LogP contribution in [0.1, 0.15) is 36.4 Å². The molecule has 3 aromatic heterocycles. The highest BCUT2D eigenvalue weighted by Crippen LogP contribution is 2.40. The molecule has 0 saturated carbocycles. The largest absolute Gasteiger partial charge is 0.454 e. The van der Waals surface area contributed by atoms with Crippen LogP contribution in [0, 0.1) is 13.8 Å². The van der Waals surface area contributed by atoms with Gasteiger partial charge in [0.2, 0.25) is 0 Å². The number of aromatic nitrogens is 4. The summed E-state index contributed by atoms with van der Waals surface area (Å²) in [6.45, 7) is 11.8. The minimum Gasteiger partial charge on any atom is -0.454 e. The van der Waals surface area contributed by atoms with Crippen LogP contribution in [-0.4, -0.2) is 68.4 Å². The third-order valence-corrected chi connectivity index (χ3v) is 7.68. The van der Waals surface area contributed by atoms with Crippen LogP contribution in [0.3, 0.4) is 0 Å². The molecule has 6 rings (SSSR count). The molecule has 5 heterocycles. The van der Waals surface area contributed by atoms with Crippen molar-refractivity contribution in [3.8, 4) is 11.5 Å². The van der Waals surface area contributed by atoms with Crippen LogP contribution in [0.25, 0.3) is 33.3 Å². The zero-order valence-corrected chi connectivity index (χ0v) is 21.2. The Morgan fingerprint density at radius 3 is 2.81 bits per heavy atom. The lowest BCUT2D eigenvalue weighted by molar-refractivity contribution is -0.126. The van der Waals surface area contributed by atoms with Gasteiger partial charge in [0.25, 0.3) is 11.5 Å². The van der Waals surface area contributed by atoms with E-state index in [1.54, 1.807) is 0 Å². The highest BCUT2D eigenvalue weighted by atomic mass is 16.3. The van der Waals surface area contributed by atoms with Crippen molar-refractivity contribution < 1.29 is 9.21 Å². The van der Waals surface area contributed by atoms with Crippen molar-refractivity contribution in [2.75, 3.05) is 38.5 Å². The van der Waals surface area contributed by atoms with E-state index in [2.05, 4.69) is 27.7 Å². The predicted molar refractivity (Wildman–Crippen MR) is 142 cm³/mol. The molecule has 2 fully saturated rings. The Labute approximate surface area is 213 Å². The van der Waals surface area contributed by atoms with Crippen molar-refractivity contribution in [1.29, 1.82) is 0 Å². The first kappa shape index (κ1) is 23.5. The van der Waals surface area contributed by atoms with Crippen LogP contribution >= 0.6 is 0 Å². The average molecular weight is 502 g/mol. The van der Waals surface area contributed by atoms with Gasteiger partial charge in [-0.2, -0.15) is 10.2 Å². The number of fused-ring (bicyclic) bond motifs is 2. The number of nitrogens with one attached hydrogen (secondary N) is 1. The molecule has 0 spiro atoms. The molecule has 2 saturated heterocycles. The van der Waals surface area contributed by atoms with Gasteiger partial charge in [-0.15, -0.1) is 0 Å². The quantitative estimate of drug-likeness (QED) is 0.402. The number of hydrogen-bond acceptors (Lipinski definition) is 7. The highest BCUT2D eigenvalue weighted by Gasteiger charge is 2.34. The van der Waals surface area contributed by atoms with Gasteiger partial charge < -0.3 is 15.1 Å². The Morgan fingerprint density at radius 1 is 1.24 bits per heavy atom. The zero-order chi connectivity index (χ0) is 25.8. The maximum atomic E-state index is 13.2. The van der Waals surface area contributed by atoms with E-state index in [-0.39, 0.29) is 23.3 Å². The molecule has 2 aliphatic heterocycles. The third kappa shape index (κ3) is 3.92. The maximum Gasteiger partial charge on any atom is 0.292 e. The van der Waals surface area contributed by atoms with Gasteiger partial charge in [0.1, 0.15) is 11.3 Å². The van der Waals surface area contributed by atoms with Crippen molar-refractivity contribution in [1.82, 2.24) is 29.8 Å². The molecule has 37 heavy (non-hydrogen) atoms. The second kappa shape index (κ2) is 8.88. The number of aromatic amines is 1. The van der Waals surface area contributed by atoms with Gasteiger partial charge in [-0.05, 0) is 58.3 Å². The molecular weight excluding hydrogens is 470 g/mol. The number of carbonyl (C=O) groups is 1. The molecular formula is C27H31N7O3. The number of carbonyl (C=O) groups excluding carboxylic acids is 1. The Kier molecular flexibility index (Phi) is 5.63. The molecule has 1 atom stereocenters. The number of likely N-dealkylation sites (tertiary alicyclic amines) is 2. The fourth-order valence-corrected chi connectivity index (χ4v) is 5.73. The van der Waals surface area contributed by atoms with Crippen molar-refractivity contribution >= 4 is 33.6 Å². The smallest absolute Gasteiger partial charge is 0.292 e. The summed E-state index contributed by atoms with van der Waals surface area (Å²) in [7, 11) is 0. The lowest BCUT2D eigenvalue weighted by Crippen LogP contribution is -2.34. The molecule has 4 aromatic rings. The van der Waals surface area contributed by atoms with Crippen molar-refractivity contribution in [2.45, 2.75) is 39.2 Å². The number of aryl methyl sites for hydroxylation is 2. The van der Waals surface area contributed by atoms with E-state index in [4.69, 9.17) is 15.2 Å². The summed E-state index contributed by atoms with van der Waals surface area (Å²) in [5.74, 6) is 0.754. The fraction of sp³-hybridized carbons (Fsp3) is 0.407. The van der Waals surface area contributed by atoms with E-state index in [1.165, 1.54) is 12.8 Å². The van der Waals surface area contributed by atoms with E-state index < -0.39 is 5.56 Å². The van der Waals surface area contributed by atoms with Crippen LogP contribution in [0.2, 0.25) is 0 Å². The lowest BCUT2D eigenvalue weighted by Gasteiger charge is -2.21. The second-order valence-electron chi connectivity index (χ2n) is 10.3. The monoisotopic (exact) mass is 501 g/mol. The number of nitrogen functional groups attached to an aromatic ring is 1. The fourth-order valence-electron chi connectivity index (χ4n) is 5.73. The summed E-state index contributed by atoms with van der Waals surface area (Å²) in [6, 6.07) is 5.87. The predicted octanol–water partition coefficient (Wildman–Crippen LogP) is 3.16. The first-order valence-electron chi connectivity index (χ1n) is 12.8. The minimum atomic E-state index is -0.418. The van der Waals surface area contributed by atoms with Crippen LogP contribution in [-0.2, 0) is 4.79 Å². The number of nitrogens with two attached hydrogens (primary N) is 1. The number of anilines is 1. The molecule has 2 aliphatic rings. The van der Waals surface area contributed by atoms with E-state index in [0.717, 1.165) is 35.2 Å². The summed E-state index contributed by atoms with van der Waals surface area (Å²) < 4.78 is 8.14. The lowest BCUT2D eigenvalue weighted by atomic mass is 10.1. The minimum absolute atomic E-state index is 0.0259. The topological polar surface area (TPSA) is 126 Å². The van der Waals surface area contributed by atoms with Crippen molar-refractivity contribution in [2.24, 2.45) is 0 Å². The van der Waals surface area contributed by atoms with Gasteiger partial charge in [0.15, 0.2) is 17.1 Å². The average Bonchev–Trinajstić information content (AvgIpc) is 3.67. The van der Waals surface area contributed by atoms with Gasteiger partial charge in [0, 0.05) is 36.2 Å². The summed E-state index contributed by atoms with van der Waals surface area (Å²) in [6.07, 6.45) is 3.02. The van der Waals surface area contributed by atoms with E-state index in [9.17, 15) is 9.59 Å². The van der Waals surface area contributed by atoms with Gasteiger partial charge in [-0.3, -0.25) is 19.2 Å². The molecule has 0 aliphatic carbocycles. The number of benzene rings is 1. The SMILES string of the molecule is C=C(CN1CCCC1)C(=O)N1CCC(n2nc3c(=O)[nH]nc(N)c3c2-c2oc3ccc(C)cc3c2C)C1. The molecule has 1 amide bonds. The number of H-pyrrole nitrogens is 1. The molecule has 3 N–H and O–H groups in total. The number of rotatable bonds is 5. The summed E-state index contributed by atoms with van der Waals surface area (Å²) in [5.41, 5.74) is 10.1. The summed E-state index contributed by atoms with van der Waals surface area (Å²) in [5, 5.41) is 12.6. The summed E-state index contributed by atoms with van der Waals surface area (Å²) >= 11 is 0. The molecule has 1 unspecified atom stereocenters. The Hall–Kier alpha value is -3.92. The van der Waals surface area contributed by atoms with Gasteiger partial charge in [-0.25, -0.2) is 5.10 Å². The number of amides is 1. The third-order valence-electron chi connectivity index (χ3n) is 7.68. The first-order valence-corrected chi connectivity index (χ1v) is 12.8. The first-order chi connectivity index (χ1) is 17.8. The number of furan rings is 1. The standard InChI is InChI=1S/C27H31N7O3/c1-15-6-7-20-19(12-15)17(3)24(37-20)23-21-22(26(35)30-29-25(21)28)31-34(23)18-8-11-33(14-18)27(36)16(2)13-32-9-4-5-10-32/h6-7,12,18H,2,4-5,8-11,13-14H2,1,3H3,(H2,28,29)(H,30,35). The van der Waals surface area contributed by atoms with Crippen LogP contribution in [0.15, 0.2) is 39.6 Å². The van der Waals surface area contributed by atoms with E-state index in [1.807, 2.05) is 35.6 Å². The van der Waals surface area contributed by atoms with Crippen molar-refractivity contribution in [3.05, 3.63) is 51.8 Å². The van der Waals surface area contributed by atoms with Crippen LogP contribution in [0.4, 0.5) is 5.82 Å². The molecule has 10 nitrogen and oxygen atoms in total. The maximum absolute atomic E-state index is 13.2. The number of hydrogen-bond donors (Lipinski definition) is 2. The second-order valence-corrected chi connectivity index (χ2v) is 10.3. The van der Waals surface area contributed by atoms with E-state index >= 15 is 0 Å². The van der Waals surface area contributed by atoms with E-state index in [0.29, 0.717) is 48.5 Å².